The minimum atomic E-state index is 0.285. The van der Waals surface area contributed by atoms with E-state index in [-0.39, 0.29) is 6.61 Å². The minimum Gasteiger partial charge on any atom is -0.396 e. The number of hydrogen-bond acceptors (Lipinski definition) is 2. The van der Waals surface area contributed by atoms with Crippen molar-refractivity contribution in [3.63, 3.8) is 0 Å². The number of benzene rings is 1. The van der Waals surface area contributed by atoms with Gasteiger partial charge >= 0.3 is 0 Å². The maximum absolute atomic E-state index is 9.37. The van der Waals surface area contributed by atoms with E-state index in [0.717, 1.165) is 6.54 Å². The molecule has 1 saturated heterocycles. The summed E-state index contributed by atoms with van der Waals surface area (Å²) in [5, 5.41) is 9.37. The summed E-state index contributed by atoms with van der Waals surface area (Å²) in [6.07, 6.45) is 3.76. The minimum absolute atomic E-state index is 0.285. The molecule has 0 amide bonds. The van der Waals surface area contributed by atoms with Crippen LogP contribution in [0.1, 0.15) is 31.7 Å². The summed E-state index contributed by atoms with van der Waals surface area (Å²) >= 11 is 0. The second kappa shape index (κ2) is 5.54. The summed E-state index contributed by atoms with van der Waals surface area (Å²) in [6, 6.07) is 9.25. The number of anilines is 1. The molecule has 1 unspecified atom stereocenters. The SMILES string of the molecule is Cc1ccc(N2CCCCC2[C@@H](C)CO)cc1. The highest BCUT2D eigenvalue weighted by Crippen LogP contribution is 2.28. The maximum Gasteiger partial charge on any atom is 0.0476 e. The predicted molar refractivity (Wildman–Crippen MR) is 72.4 cm³/mol. The van der Waals surface area contributed by atoms with Gasteiger partial charge in [0.1, 0.15) is 0 Å². The van der Waals surface area contributed by atoms with Crippen molar-refractivity contribution >= 4 is 5.69 Å². The van der Waals surface area contributed by atoms with Crippen LogP contribution in [0.2, 0.25) is 0 Å². The van der Waals surface area contributed by atoms with Crippen molar-refractivity contribution in [2.24, 2.45) is 5.92 Å². The van der Waals surface area contributed by atoms with E-state index in [1.165, 1.54) is 30.5 Å². The standard InChI is InChI=1S/C15H23NO/c1-12-6-8-14(9-7-12)16-10-4-3-5-15(16)13(2)11-17/h6-9,13,15,17H,3-5,10-11H2,1-2H3/t13-,15?/m0/s1. The lowest BCUT2D eigenvalue weighted by molar-refractivity contribution is 0.200. The highest BCUT2D eigenvalue weighted by Gasteiger charge is 2.26. The Morgan fingerprint density at radius 3 is 2.65 bits per heavy atom. The molecule has 0 radical (unpaired) electrons. The molecule has 94 valence electrons. The zero-order valence-electron chi connectivity index (χ0n) is 10.9. The van der Waals surface area contributed by atoms with Crippen molar-refractivity contribution in [2.45, 2.75) is 39.2 Å². The van der Waals surface area contributed by atoms with Crippen LogP contribution in [0.15, 0.2) is 24.3 Å². The van der Waals surface area contributed by atoms with Crippen LogP contribution in [-0.2, 0) is 0 Å². The molecular formula is C15H23NO. The van der Waals surface area contributed by atoms with E-state index in [0.29, 0.717) is 12.0 Å². The Morgan fingerprint density at radius 1 is 1.29 bits per heavy atom. The van der Waals surface area contributed by atoms with E-state index in [9.17, 15) is 5.11 Å². The van der Waals surface area contributed by atoms with Gasteiger partial charge in [-0.2, -0.15) is 0 Å². The van der Waals surface area contributed by atoms with E-state index in [1.54, 1.807) is 0 Å². The fraction of sp³-hybridized carbons (Fsp3) is 0.600. The van der Waals surface area contributed by atoms with Crippen LogP contribution in [0.5, 0.6) is 0 Å². The highest BCUT2D eigenvalue weighted by atomic mass is 16.3. The van der Waals surface area contributed by atoms with Gasteiger partial charge in [0.25, 0.3) is 0 Å². The summed E-state index contributed by atoms with van der Waals surface area (Å²) in [5.41, 5.74) is 2.61. The molecule has 1 aliphatic rings. The van der Waals surface area contributed by atoms with Gasteiger partial charge in [-0.3, -0.25) is 0 Å². The molecule has 2 nitrogen and oxygen atoms in total. The number of hydrogen-bond donors (Lipinski definition) is 1. The van der Waals surface area contributed by atoms with E-state index in [2.05, 4.69) is 43.0 Å². The smallest absolute Gasteiger partial charge is 0.0476 e. The number of piperidine rings is 1. The summed E-state index contributed by atoms with van der Waals surface area (Å²) in [4.78, 5) is 2.48. The molecule has 0 aromatic heterocycles. The number of aliphatic hydroxyl groups is 1. The Hall–Kier alpha value is -1.02. The van der Waals surface area contributed by atoms with Crippen LogP contribution in [0, 0.1) is 12.8 Å². The van der Waals surface area contributed by atoms with Crippen LogP contribution >= 0.6 is 0 Å². The van der Waals surface area contributed by atoms with Gasteiger partial charge in [-0.25, -0.2) is 0 Å². The Morgan fingerprint density at radius 2 is 2.00 bits per heavy atom. The van der Waals surface area contributed by atoms with Crippen molar-refractivity contribution in [2.75, 3.05) is 18.1 Å². The number of aryl methyl sites for hydroxylation is 1. The third kappa shape index (κ3) is 2.81. The largest absolute Gasteiger partial charge is 0.396 e. The van der Waals surface area contributed by atoms with Gasteiger partial charge in [-0.15, -0.1) is 0 Å². The molecule has 0 spiro atoms. The van der Waals surface area contributed by atoms with Crippen molar-refractivity contribution in [1.29, 1.82) is 0 Å². The molecule has 1 aromatic carbocycles. The number of rotatable bonds is 3. The molecule has 1 aromatic rings. The first kappa shape index (κ1) is 12.4. The van der Waals surface area contributed by atoms with Crippen molar-refractivity contribution in [1.82, 2.24) is 0 Å². The molecule has 2 rings (SSSR count). The molecule has 0 bridgehead atoms. The van der Waals surface area contributed by atoms with Crippen molar-refractivity contribution in [3.8, 4) is 0 Å². The second-order valence-corrected chi connectivity index (χ2v) is 5.25. The summed E-state index contributed by atoms with van der Waals surface area (Å²) in [6.45, 7) is 5.68. The van der Waals surface area contributed by atoms with E-state index < -0.39 is 0 Å². The normalized spacial score (nSPS) is 22.5. The van der Waals surface area contributed by atoms with Crippen LogP contribution in [-0.4, -0.2) is 24.3 Å². The quantitative estimate of drug-likeness (QED) is 0.867. The fourth-order valence-corrected chi connectivity index (χ4v) is 2.73. The van der Waals surface area contributed by atoms with Crippen molar-refractivity contribution in [3.05, 3.63) is 29.8 Å². The first-order valence-electron chi connectivity index (χ1n) is 6.66. The third-order valence-corrected chi connectivity index (χ3v) is 3.86. The molecule has 2 heteroatoms. The third-order valence-electron chi connectivity index (χ3n) is 3.86. The maximum atomic E-state index is 9.37. The summed E-state index contributed by atoms with van der Waals surface area (Å²) < 4.78 is 0. The van der Waals surface area contributed by atoms with Gasteiger partial charge in [0, 0.05) is 24.9 Å². The van der Waals surface area contributed by atoms with E-state index in [1.807, 2.05) is 0 Å². The topological polar surface area (TPSA) is 23.5 Å². The fourth-order valence-electron chi connectivity index (χ4n) is 2.73. The Bertz CT molecular complexity index is 346. The zero-order valence-corrected chi connectivity index (χ0v) is 10.9. The average Bonchev–Trinajstić information content (AvgIpc) is 2.39. The Kier molecular flexibility index (Phi) is 4.06. The second-order valence-electron chi connectivity index (χ2n) is 5.25. The van der Waals surface area contributed by atoms with Crippen LogP contribution in [0.25, 0.3) is 0 Å². The Balaban J connectivity index is 2.18. The first-order valence-corrected chi connectivity index (χ1v) is 6.66. The van der Waals surface area contributed by atoms with Crippen LogP contribution < -0.4 is 4.90 Å². The van der Waals surface area contributed by atoms with E-state index in [4.69, 9.17) is 0 Å². The lowest BCUT2D eigenvalue weighted by Gasteiger charge is -2.40. The molecule has 2 atom stereocenters. The molecule has 0 aliphatic carbocycles. The Labute approximate surface area is 104 Å². The van der Waals surface area contributed by atoms with Gasteiger partial charge in [0.2, 0.25) is 0 Å². The van der Waals surface area contributed by atoms with Crippen molar-refractivity contribution < 1.29 is 5.11 Å². The van der Waals surface area contributed by atoms with Gasteiger partial charge < -0.3 is 10.0 Å². The number of nitrogens with zero attached hydrogens (tertiary/aromatic N) is 1. The van der Waals surface area contributed by atoms with Gasteiger partial charge in [-0.05, 0) is 44.2 Å². The molecular weight excluding hydrogens is 210 g/mol. The van der Waals surface area contributed by atoms with Gasteiger partial charge in [0.15, 0.2) is 0 Å². The molecule has 1 heterocycles. The number of aliphatic hydroxyl groups excluding tert-OH is 1. The predicted octanol–water partition coefficient (Wildman–Crippen LogP) is 2.98. The average molecular weight is 233 g/mol. The van der Waals surface area contributed by atoms with Crippen LogP contribution in [0.4, 0.5) is 5.69 Å². The molecule has 0 saturated carbocycles. The molecule has 17 heavy (non-hydrogen) atoms. The van der Waals surface area contributed by atoms with E-state index >= 15 is 0 Å². The molecule has 1 N–H and O–H groups in total. The van der Waals surface area contributed by atoms with Crippen LogP contribution in [0.3, 0.4) is 0 Å². The van der Waals surface area contributed by atoms with Gasteiger partial charge in [0.05, 0.1) is 0 Å². The summed E-state index contributed by atoms with van der Waals surface area (Å²) in [5.74, 6) is 0.358. The highest BCUT2D eigenvalue weighted by molar-refractivity contribution is 5.49. The molecule has 1 fully saturated rings. The lowest BCUT2D eigenvalue weighted by atomic mass is 9.91. The monoisotopic (exact) mass is 233 g/mol. The first-order chi connectivity index (χ1) is 8.22. The zero-order chi connectivity index (χ0) is 12.3. The lowest BCUT2D eigenvalue weighted by Crippen LogP contribution is -2.44. The summed E-state index contributed by atoms with van der Waals surface area (Å²) in [7, 11) is 0. The van der Waals surface area contributed by atoms with Gasteiger partial charge in [-0.1, -0.05) is 24.6 Å². The molecule has 1 aliphatic heterocycles.